The van der Waals surface area contributed by atoms with Crippen LogP contribution in [0.1, 0.15) is 108 Å². The van der Waals surface area contributed by atoms with E-state index in [1.165, 1.54) is 0 Å². The highest BCUT2D eigenvalue weighted by molar-refractivity contribution is 6.71. The summed E-state index contributed by atoms with van der Waals surface area (Å²) < 4.78 is 26.2. The van der Waals surface area contributed by atoms with Gasteiger partial charge in [0.05, 0.1) is 0 Å². The first kappa shape index (κ1) is 30.3. The third-order valence-corrected chi connectivity index (χ3v) is 15.0. The predicted octanol–water partition coefficient (Wildman–Crippen LogP) is 7.96. The Morgan fingerprint density at radius 3 is 0.867 bits per heavy atom. The Morgan fingerprint density at radius 1 is 0.467 bits per heavy atom. The van der Waals surface area contributed by atoms with Gasteiger partial charge in [-0.1, -0.05) is 82.1 Å². The third kappa shape index (κ3) is 9.41. The molecule has 0 saturated carbocycles. The zero-order valence-electron chi connectivity index (χ0n) is 22.1. The lowest BCUT2D eigenvalue weighted by atomic mass is 10.2. The van der Waals surface area contributed by atoms with E-state index in [9.17, 15) is 0 Å². The van der Waals surface area contributed by atoms with Gasteiger partial charge in [-0.2, -0.15) is 0 Å². The van der Waals surface area contributed by atoms with Gasteiger partial charge < -0.3 is 17.7 Å². The van der Waals surface area contributed by atoms with Crippen LogP contribution in [0.15, 0.2) is 0 Å². The zero-order chi connectivity index (χ0) is 23.3. The van der Waals surface area contributed by atoms with Gasteiger partial charge in [-0.15, -0.1) is 0 Å². The molecule has 30 heavy (non-hydrogen) atoms. The van der Waals surface area contributed by atoms with Gasteiger partial charge in [-0.25, -0.2) is 0 Å². The molecule has 0 aliphatic rings. The van der Waals surface area contributed by atoms with E-state index in [0.29, 0.717) is 0 Å². The van der Waals surface area contributed by atoms with Crippen LogP contribution in [0.2, 0.25) is 22.2 Å². The van der Waals surface area contributed by atoms with Gasteiger partial charge in [0.25, 0.3) is 0 Å². The summed E-state index contributed by atoms with van der Waals surface area (Å²) in [6, 6.07) is 2.10. The van der Waals surface area contributed by atoms with Crippen molar-refractivity contribution in [3.63, 3.8) is 0 Å². The van der Waals surface area contributed by atoms with Crippen LogP contribution in [-0.4, -0.2) is 43.5 Å². The molecule has 4 nitrogen and oxygen atoms in total. The Kier molecular flexibility index (Phi) is 14.6. The summed E-state index contributed by atoms with van der Waals surface area (Å²) >= 11 is 0. The quantitative estimate of drug-likeness (QED) is 0.162. The van der Waals surface area contributed by atoms with Crippen molar-refractivity contribution in [1.29, 1.82) is 0 Å². The van der Waals surface area contributed by atoms with E-state index in [0.717, 1.165) is 77.0 Å². The smallest absolute Gasteiger partial charge is 0.343 e. The molecule has 0 fully saturated rings. The molecule has 0 aliphatic heterocycles. The van der Waals surface area contributed by atoms with Gasteiger partial charge in [0, 0.05) is 36.5 Å². The minimum atomic E-state index is -2.30. The summed E-state index contributed by atoms with van der Waals surface area (Å²) in [7, 11) is -4.60. The summed E-state index contributed by atoms with van der Waals surface area (Å²) in [6.45, 7) is 25.7. The monoisotopic (exact) mass is 462 g/mol. The van der Waals surface area contributed by atoms with Crippen molar-refractivity contribution in [2.24, 2.45) is 0 Å². The van der Waals surface area contributed by atoms with Crippen molar-refractivity contribution < 1.29 is 17.7 Å². The SMILES string of the molecule is CCCO[Si](CCCC[Si](OCCC)(OCCC)C(C)(C)C)(OCCC)C(C)(C)C. The summed E-state index contributed by atoms with van der Waals surface area (Å²) in [5, 5.41) is 0.126. The fourth-order valence-electron chi connectivity index (χ4n) is 3.77. The maximum absolute atomic E-state index is 6.54. The summed E-state index contributed by atoms with van der Waals surface area (Å²) in [4.78, 5) is 0. The largest absolute Gasteiger partial charge is 0.394 e. The van der Waals surface area contributed by atoms with E-state index >= 15 is 0 Å². The van der Waals surface area contributed by atoms with Gasteiger partial charge in [0.15, 0.2) is 0 Å². The van der Waals surface area contributed by atoms with Crippen LogP contribution in [0.25, 0.3) is 0 Å². The first-order valence-corrected chi connectivity index (χ1v) is 16.6. The highest BCUT2D eigenvalue weighted by Crippen LogP contribution is 2.44. The van der Waals surface area contributed by atoms with Gasteiger partial charge in [-0.05, 0) is 37.8 Å². The number of hydrogen-bond acceptors (Lipinski definition) is 4. The molecule has 0 aliphatic carbocycles. The topological polar surface area (TPSA) is 36.9 Å². The Hall–Kier alpha value is 0.274. The molecule has 0 spiro atoms. The zero-order valence-corrected chi connectivity index (χ0v) is 24.1. The number of rotatable bonds is 17. The minimum absolute atomic E-state index is 0.0628. The second-order valence-corrected chi connectivity index (χ2v) is 18.8. The van der Waals surface area contributed by atoms with Gasteiger partial charge in [0.1, 0.15) is 0 Å². The van der Waals surface area contributed by atoms with Crippen molar-refractivity contribution in [3.05, 3.63) is 0 Å². The third-order valence-electron chi connectivity index (χ3n) is 5.70. The number of hydrogen-bond donors (Lipinski definition) is 0. The van der Waals surface area contributed by atoms with Crippen LogP contribution in [0.4, 0.5) is 0 Å². The molecular formula is C24H54O4Si2. The molecule has 182 valence electrons. The molecule has 0 amide bonds. The standard InChI is InChI=1S/C24H54O4Si2/c1-11-17-25-29(23(5,6)7,26-18-12-2)21-15-16-22-30(24(8,9)10,27-19-13-3)28-20-14-4/h11-22H2,1-10H3. The Bertz CT molecular complexity index is 374. The van der Waals surface area contributed by atoms with Crippen molar-refractivity contribution in [3.8, 4) is 0 Å². The van der Waals surface area contributed by atoms with E-state index in [1.807, 2.05) is 0 Å². The second kappa shape index (κ2) is 14.4. The highest BCUT2D eigenvalue weighted by Gasteiger charge is 2.51. The lowest BCUT2D eigenvalue weighted by Crippen LogP contribution is -2.52. The Labute approximate surface area is 191 Å². The molecule has 0 radical (unpaired) electrons. The second-order valence-electron chi connectivity index (χ2n) is 10.6. The molecule has 0 aromatic rings. The lowest BCUT2D eigenvalue weighted by Gasteiger charge is -2.42. The number of unbranched alkanes of at least 4 members (excludes halogenated alkanes) is 1. The van der Waals surface area contributed by atoms with E-state index < -0.39 is 17.1 Å². The van der Waals surface area contributed by atoms with E-state index in [2.05, 4.69) is 69.2 Å². The normalized spacial score (nSPS) is 13.8. The Balaban J connectivity index is 5.34. The van der Waals surface area contributed by atoms with Crippen LogP contribution in [0.3, 0.4) is 0 Å². The fourth-order valence-corrected chi connectivity index (χ4v) is 11.3. The van der Waals surface area contributed by atoms with Crippen LogP contribution in [0.5, 0.6) is 0 Å². The molecule has 0 saturated heterocycles. The summed E-state index contributed by atoms with van der Waals surface area (Å²) in [6.07, 6.45) is 6.39. The highest BCUT2D eigenvalue weighted by atomic mass is 28.4. The summed E-state index contributed by atoms with van der Waals surface area (Å²) in [5.74, 6) is 0. The lowest BCUT2D eigenvalue weighted by molar-refractivity contribution is 0.142. The summed E-state index contributed by atoms with van der Waals surface area (Å²) in [5.41, 5.74) is 0. The van der Waals surface area contributed by atoms with Crippen molar-refractivity contribution >= 4 is 17.1 Å². The molecule has 0 aromatic carbocycles. The first-order valence-electron chi connectivity index (χ1n) is 12.5. The van der Waals surface area contributed by atoms with Crippen LogP contribution >= 0.6 is 0 Å². The molecular weight excluding hydrogens is 408 g/mol. The molecule has 0 atom stereocenters. The van der Waals surface area contributed by atoms with E-state index in [4.69, 9.17) is 17.7 Å². The van der Waals surface area contributed by atoms with Gasteiger partial charge in [0.2, 0.25) is 0 Å². The molecule has 0 bridgehead atoms. The van der Waals surface area contributed by atoms with Crippen LogP contribution in [0, 0.1) is 0 Å². The average molecular weight is 463 g/mol. The maximum Gasteiger partial charge on any atom is 0.343 e. The minimum Gasteiger partial charge on any atom is -0.394 e. The molecule has 0 rings (SSSR count). The predicted molar refractivity (Wildman–Crippen MR) is 135 cm³/mol. The van der Waals surface area contributed by atoms with Gasteiger partial charge in [-0.3, -0.25) is 0 Å². The van der Waals surface area contributed by atoms with Crippen LogP contribution < -0.4 is 0 Å². The van der Waals surface area contributed by atoms with Crippen molar-refractivity contribution in [2.45, 2.75) is 130 Å². The Morgan fingerprint density at radius 2 is 0.700 bits per heavy atom. The maximum atomic E-state index is 6.54. The van der Waals surface area contributed by atoms with Gasteiger partial charge >= 0.3 is 17.1 Å². The van der Waals surface area contributed by atoms with Crippen LogP contribution in [-0.2, 0) is 17.7 Å². The first-order chi connectivity index (χ1) is 13.9. The molecule has 0 unspecified atom stereocenters. The molecule has 0 aromatic heterocycles. The fraction of sp³-hybridized carbons (Fsp3) is 1.00. The molecule has 0 N–H and O–H groups in total. The average Bonchev–Trinajstić information content (AvgIpc) is 2.66. The molecule has 6 heteroatoms. The van der Waals surface area contributed by atoms with Crippen molar-refractivity contribution in [1.82, 2.24) is 0 Å². The molecule has 0 heterocycles. The van der Waals surface area contributed by atoms with Crippen molar-refractivity contribution in [2.75, 3.05) is 26.4 Å². The van der Waals surface area contributed by atoms with E-state index in [1.54, 1.807) is 0 Å². The van der Waals surface area contributed by atoms with E-state index in [-0.39, 0.29) is 10.1 Å².